The van der Waals surface area contributed by atoms with Gasteiger partial charge >= 0.3 is 0 Å². The lowest BCUT2D eigenvalue weighted by atomic mass is 9.82. The first-order valence-corrected chi connectivity index (χ1v) is 12.7. The Morgan fingerprint density at radius 3 is 2.25 bits per heavy atom. The minimum absolute atomic E-state index is 0.0121. The smallest absolute Gasteiger partial charge is 0.263 e. The van der Waals surface area contributed by atoms with E-state index in [9.17, 15) is 4.79 Å². The summed E-state index contributed by atoms with van der Waals surface area (Å²) in [6.07, 6.45) is 6.25. The van der Waals surface area contributed by atoms with E-state index >= 15 is 0 Å². The fraction of sp³-hybridized carbons (Fsp3) is 0.147. The largest absolute Gasteiger partial charge is 0.277 e. The molecule has 0 unspecified atom stereocenters. The molecule has 174 valence electrons. The first kappa shape index (κ1) is 21.1. The van der Waals surface area contributed by atoms with E-state index in [1.165, 1.54) is 33.4 Å². The van der Waals surface area contributed by atoms with Gasteiger partial charge in [-0.2, -0.15) is 0 Å². The summed E-state index contributed by atoms with van der Waals surface area (Å²) < 4.78 is 1.89. The fourth-order valence-corrected chi connectivity index (χ4v) is 6.26. The van der Waals surface area contributed by atoms with Crippen LogP contribution in [-0.4, -0.2) is 4.57 Å². The molecule has 0 fully saturated rings. The van der Waals surface area contributed by atoms with Gasteiger partial charge in [0, 0.05) is 16.5 Å². The highest BCUT2D eigenvalue weighted by Crippen LogP contribution is 2.49. The molecule has 0 N–H and O–H groups in total. The number of fused-ring (bicyclic) bond motifs is 6. The monoisotopic (exact) mass is 465 g/mol. The fourth-order valence-electron chi connectivity index (χ4n) is 6.26. The molecular formula is C34H27NO. The van der Waals surface area contributed by atoms with Crippen LogP contribution in [0.1, 0.15) is 42.7 Å². The van der Waals surface area contributed by atoms with Crippen molar-refractivity contribution in [3.8, 4) is 27.9 Å². The molecule has 2 aliphatic carbocycles. The molecule has 4 aromatic carbocycles. The number of nitrogens with zero attached hydrogens (tertiary/aromatic N) is 1. The maximum absolute atomic E-state index is 13.6. The number of hydrogen-bond donors (Lipinski definition) is 0. The molecule has 2 aliphatic rings. The van der Waals surface area contributed by atoms with Gasteiger partial charge in [-0.15, -0.1) is 0 Å². The van der Waals surface area contributed by atoms with Crippen LogP contribution >= 0.6 is 0 Å². The van der Waals surface area contributed by atoms with Crippen LogP contribution in [0, 0.1) is 0 Å². The average Bonchev–Trinajstić information content (AvgIpc) is 3.16. The molecule has 0 spiro atoms. The predicted molar refractivity (Wildman–Crippen MR) is 150 cm³/mol. The summed E-state index contributed by atoms with van der Waals surface area (Å²) in [5.74, 6) is 0. The Kier molecular flexibility index (Phi) is 4.50. The molecule has 1 heterocycles. The van der Waals surface area contributed by atoms with Gasteiger partial charge in [-0.3, -0.25) is 9.36 Å². The lowest BCUT2D eigenvalue weighted by molar-refractivity contribution is 0.660. The third-order valence-electron chi connectivity index (χ3n) is 8.11. The van der Waals surface area contributed by atoms with Crippen molar-refractivity contribution in [1.82, 2.24) is 4.57 Å². The van der Waals surface area contributed by atoms with Crippen molar-refractivity contribution in [2.75, 3.05) is 0 Å². The van der Waals surface area contributed by atoms with Crippen LogP contribution in [0.15, 0.2) is 102 Å². The summed E-state index contributed by atoms with van der Waals surface area (Å²) in [5, 5.41) is 1.87. The van der Waals surface area contributed by atoms with Gasteiger partial charge in [-0.25, -0.2) is 0 Å². The van der Waals surface area contributed by atoms with Crippen LogP contribution < -0.4 is 5.56 Å². The van der Waals surface area contributed by atoms with Gasteiger partial charge in [0.2, 0.25) is 0 Å². The highest BCUT2D eigenvalue weighted by molar-refractivity contribution is 5.89. The minimum atomic E-state index is 0.0121. The molecule has 0 amide bonds. The minimum Gasteiger partial charge on any atom is -0.277 e. The van der Waals surface area contributed by atoms with Crippen LogP contribution in [0.5, 0.6) is 0 Å². The van der Waals surface area contributed by atoms with E-state index in [0.29, 0.717) is 0 Å². The Labute approximate surface area is 211 Å². The Morgan fingerprint density at radius 2 is 1.42 bits per heavy atom. The van der Waals surface area contributed by atoms with E-state index in [2.05, 4.69) is 98.8 Å². The number of aromatic nitrogens is 1. The van der Waals surface area contributed by atoms with E-state index in [0.717, 1.165) is 40.6 Å². The van der Waals surface area contributed by atoms with E-state index in [4.69, 9.17) is 0 Å². The molecule has 1 aromatic heterocycles. The van der Waals surface area contributed by atoms with Gasteiger partial charge in [-0.1, -0.05) is 86.7 Å². The predicted octanol–water partition coefficient (Wildman–Crippen LogP) is 7.92. The van der Waals surface area contributed by atoms with Gasteiger partial charge < -0.3 is 0 Å². The lowest BCUT2D eigenvalue weighted by Crippen LogP contribution is -2.23. The molecule has 2 nitrogen and oxygen atoms in total. The number of allylic oxidation sites excluding steroid dienone is 1. The molecule has 7 rings (SSSR count). The Hall–Kier alpha value is -4.17. The lowest BCUT2D eigenvalue weighted by Gasteiger charge is -2.21. The van der Waals surface area contributed by atoms with E-state index in [1.807, 2.05) is 22.8 Å². The summed E-state index contributed by atoms with van der Waals surface area (Å²) >= 11 is 0. The molecule has 0 atom stereocenters. The molecule has 36 heavy (non-hydrogen) atoms. The standard InChI is InChI=1S/C34H27NO/c1-34(2)30-13-7-5-10-26(30)29-21-23(17-20-31(29)34)22-15-18-24(19-16-22)35-32-14-8-6-11-27(32)25-9-3-4-12-28(25)33(35)36/h3-5,7-10,12-21H,6,11H2,1-2H3. The summed E-state index contributed by atoms with van der Waals surface area (Å²) in [7, 11) is 0. The Balaban J connectivity index is 1.35. The topological polar surface area (TPSA) is 22.0 Å². The van der Waals surface area contributed by atoms with Crippen molar-refractivity contribution in [2.24, 2.45) is 0 Å². The highest BCUT2D eigenvalue weighted by atomic mass is 16.1. The summed E-state index contributed by atoms with van der Waals surface area (Å²) in [6.45, 7) is 4.62. The van der Waals surface area contributed by atoms with Gasteiger partial charge in [0.25, 0.3) is 5.56 Å². The van der Waals surface area contributed by atoms with Crippen molar-refractivity contribution in [1.29, 1.82) is 0 Å². The molecular weight excluding hydrogens is 438 g/mol. The quantitative estimate of drug-likeness (QED) is 0.259. The van der Waals surface area contributed by atoms with Crippen molar-refractivity contribution in [3.63, 3.8) is 0 Å². The van der Waals surface area contributed by atoms with Gasteiger partial charge in [0.1, 0.15) is 0 Å². The zero-order chi connectivity index (χ0) is 24.4. The molecule has 5 aromatic rings. The normalized spacial score (nSPS) is 14.9. The second-order valence-electron chi connectivity index (χ2n) is 10.5. The Bertz CT molecular complexity index is 1770. The number of aryl methyl sites for hydroxylation is 1. The zero-order valence-corrected chi connectivity index (χ0v) is 20.6. The Morgan fingerprint density at radius 1 is 0.722 bits per heavy atom. The molecule has 0 saturated carbocycles. The highest BCUT2D eigenvalue weighted by Gasteiger charge is 2.35. The molecule has 0 bridgehead atoms. The number of rotatable bonds is 2. The second-order valence-corrected chi connectivity index (χ2v) is 10.5. The number of pyridine rings is 1. The van der Waals surface area contributed by atoms with Crippen molar-refractivity contribution < 1.29 is 0 Å². The maximum atomic E-state index is 13.6. The first-order chi connectivity index (χ1) is 17.5. The number of benzene rings is 4. The van der Waals surface area contributed by atoms with Gasteiger partial charge in [-0.05, 0) is 87.5 Å². The summed E-state index contributed by atoms with van der Waals surface area (Å²) in [4.78, 5) is 13.6. The van der Waals surface area contributed by atoms with E-state index in [1.54, 1.807) is 0 Å². The van der Waals surface area contributed by atoms with E-state index in [-0.39, 0.29) is 11.0 Å². The third kappa shape index (κ3) is 2.94. The van der Waals surface area contributed by atoms with Crippen molar-refractivity contribution in [2.45, 2.75) is 32.1 Å². The van der Waals surface area contributed by atoms with Crippen molar-refractivity contribution in [3.05, 3.63) is 130 Å². The van der Waals surface area contributed by atoms with Crippen LogP contribution in [0.25, 0.3) is 44.8 Å². The maximum Gasteiger partial charge on any atom is 0.263 e. The molecule has 0 radical (unpaired) electrons. The summed E-state index contributed by atoms with van der Waals surface area (Å²) in [5.41, 5.74) is 11.0. The van der Waals surface area contributed by atoms with Crippen molar-refractivity contribution >= 4 is 16.8 Å². The van der Waals surface area contributed by atoms with Crippen LogP contribution in [0.2, 0.25) is 0 Å². The molecule has 0 aliphatic heterocycles. The molecule has 2 heteroatoms. The average molecular weight is 466 g/mol. The van der Waals surface area contributed by atoms with E-state index < -0.39 is 0 Å². The summed E-state index contributed by atoms with van der Waals surface area (Å²) in [6, 6.07) is 32.0. The van der Waals surface area contributed by atoms with Gasteiger partial charge in [0.05, 0.1) is 5.69 Å². The number of hydrogen-bond acceptors (Lipinski definition) is 1. The SMILES string of the molecule is CC1(C)c2ccccc2-c2cc(-c3ccc(-n4c5c(c6ccccc6c4=O)CCC=C5)cc3)ccc21. The third-order valence-corrected chi connectivity index (χ3v) is 8.11. The van der Waals surface area contributed by atoms with Crippen LogP contribution in [0.3, 0.4) is 0 Å². The van der Waals surface area contributed by atoms with Gasteiger partial charge in [0.15, 0.2) is 0 Å². The van der Waals surface area contributed by atoms with Crippen LogP contribution in [-0.2, 0) is 11.8 Å². The zero-order valence-electron chi connectivity index (χ0n) is 20.6. The van der Waals surface area contributed by atoms with Crippen LogP contribution in [0.4, 0.5) is 0 Å². The second kappa shape index (κ2) is 7.66. The molecule has 0 saturated heterocycles. The first-order valence-electron chi connectivity index (χ1n) is 12.7.